The molecular weight excluding hydrogens is 288 g/mol. The van der Waals surface area contributed by atoms with Crippen molar-refractivity contribution in [2.75, 3.05) is 33.3 Å². The first-order chi connectivity index (χ1) is 11.3. The summed E-state index contributed by atoms with van der Waals surface area (Å²) >= 11 is 0. The molecule has 0 unspecified atom stereocenters. The van der Waals surface area contributed by atoms with Gasteiger partial charge in [-0.1, -0.05) is 36.4 Å². The fourth-order valence-electron chi connectivity index (χ4n) is 2.79. The first-order valence-electron chi connectivity index (χ1n) is 8.12. The molecule has 0 aliphatic carbocycles. The smallest absolute Gasteiger partial charge is 0.161 e. The summed E-state index contributed by atoms with van der Waals surface area (Å²) in [5, 5.41) is 3.38. The van der Waals surface area contributed by atoms with Crippen LogP contribution >= 0.6 is 0 Å². The van der Waals surface area contributed by atoms with E-state index in [-0.39, 0.29) is 0 Å². The van der Waals surface area contributed by atoms with Gasteiger partial charge in [0.05, 0.1) is 7.11 Å². The molecule has 4 heteroatoms. The molecule has 1 N–H and O–H groups in total. The zero-order chi connectivity index (χ0) is 15.9. The van der Waals surface area contributed by atoms with Gasteiger partial charge in [0, 0.05) is 32.7 Å². The normalized spacial score (nSPS) is 15.3. The van der Waals surface area contributed by atoms with Gasteiger partial charge in [-0.3, -0.25) is 4.90 Å². The van der Waals surface area contributed by atoms with Gasteiger partial charge >= 0.3 is 0 Å². The van der Waals surface area contributed by atoms with Crippen LogP contribution in [0, 0.1) is 0 Å². The molecule has 1 heterocycles. The second-order valence-electron chi connectivity index (χ2n) is 5.79. The quantitative estimate of drug-likeness (QED) is 0.889. The number of ether oxygens (including phenoxy) is 2. The number of piperazine rings is 1. The third-order valence-electron chi connectivity index (χ3n) is 4.08. The molecule has 0 radical (unpaired) electrons. The molecule has 1 fully saturated rings. The summed E-state index contributed by atoms with van der Waals surface area (Å²) in [5.74, 6) is 1.59. The van der Waals surface area contributed by atoms with E-state index in [2.05, 4.69) is 34.5 Å². The van der Waals surface area contributed by atoms with Crippen LogP contribution in [0.15, 0.2) is 48.5 Å². The highest BCUT2D eigenvalue weighted by Crippen LogP contribution is 2.29. The Morgan fingerprint density at radius 3 is 2.48 bits per heavy atom. The molecule has 2 aromatic carbocycles. The lowest BCUT2D eigenvalue weighted by molar-refractivity contribution is 0.232. The van der Waals surface area contributed by atoms with Crippen molar-refractivity contribution < 1.29 is 9.47 Å². The zero-order valence-corrected chi connectivity index (χ0v) is 13.6. The first-order valence-corrected chi connectivity index (χ1v) is 8.12. The van der Waals surface area contributed by atoms with E-state index in [1.165, 1.54) is 5.56 Å². The van der Waals surface area contributed by atoms with Gasteiger partial charge in [-0.2, -0.15) is 0 Å². The summed E-state index contributed by atoms with van der Waals surface area (Å²) < 4.78 is 11.4. The molecular formula is C19H24N2O2. The highest BCUT2D eigenvalue weighted by atomic mass is 16.5. The van der Waals surface area contributed by atoms with Gasteiger partial charge in [0.15, 0.2) is 11.5 Å². The van der Waals surface area contributed by atoms with E-state index in [1.54, 1.807) is 7.11 Å². The lowest BCUT2D eigenvalue weighted by Gasteiger charge is -2.27. The van der Waals surface area contributed by atoms with Crippen LogP contribution in [0.3, 0.4) is 0 Å². The molecule has 1 aliphatic heterocycles. The predicted molar refractivity (Wildman–Crippen MR) is 91.9 cm³/mol. The van der Waals surface area contributed by atoms with Gasteiger partial charge in [0.1, 0.15) is 6.61 Å². The van der Waals surface area contributed by atoms with Crippen molar-refractivity contribution in [3.8, 4) is 11.5 Å². The number of benzene rings is 2. The molecule has 122 valence electrons. The summed E-state index contributed by atoms with van der Waals surface area (Å²) in [6.45, 7) is 5.82. The van der Waals surface area contributed by atoms with Gasteiger partial charge in [0.25, 0.3) is 0 Å². The lowest BCUT2D eigenvalue weighted by atomic mass is 10.1. The topological polar surface area (TPSA) is 33.7 Å². The van der Waals surface area contributed by atoms with Gasteiger partial charge < -0.3 is 14.8 Å². The zero-order valence-electron chi connectivity index (χ0n) is 13.6. The fourth-order valence-corrected chi connectivity index (χ4v) is 2.79. The number of hydrogen-bond donors (Lipinski definition) is 1. The maximum Gasteiger partial charge on any atom is 0.161 e. The number of rotatable bonds is 6. The average molecular weight is 312 g/mol. The third-order valence-corrected chi connectivity index (χ3v) is 4.08. The van der Waals surface area contributed by atoms with Crippen LogP contribution in [0.5, 0.6) is 11.5 Å². The van der Waals surface area contributed by atoms with Crippen molar-refractivity contribution in [1.82, 2.24) is 10.2 Å². The van der Waals surface area contributed by atoms with Gasteiger partial charge in [-0.05, 0) is 23.3 Å². The molecule has 23 heavy (non-hydrogen) atoms. The summed E-state index contributed by atoms with van der Waals surface area (Å²) in [7, 11) is 1.69. The van der Waals surface area contributed by atoms with E-state index < -0.39 is 0 Å². The Bertz CT molecular complexity index is 610. The van der Waals surface area contributed by atoms with Gasteiger partial charge in [0.2, 0.25) is 0 Å². The Labute approximate surface area is 138 Å². The van der Waals surface area contributed by atoms with E-state index in [9.17, 15) is 0 Å². The van der Waals surface area contributed by atoms with Crippen LogP contribution in [0.2, 0.25) is 0 Å². The second-order valence-corrected chi connectivity index (χ2v) is 5.79. The number of methoxy groups -OCH3 is 1. The number of hydrogen-bond acceptors (Lipinski definition) is 4. The minimum atomic E-state index is 0.550. The minimum Gasteiger partial charge on any atom is -0.493 e. The summed E-state index contributed by atoms with van der Waals surface area (Å²) in [6, 6.07) is 16.4. The van der Waals surface area contributed by atoms with E-state index >= 15 is 0 Å². The fraction of sp³-hybridized carbons (Fsp3) is 0.368. The van der Waals surface area contributed by atoms with Gasteiger partial charge in [-0.25, -0.2) is 0 Å². The van der Waals surface area contributed by atoms with E-state index in [1.807, 2.05) is 24.3 Å². The Morgan fingerprint density at radius 1 is 0.957 bits per heavy atom. The van der Waals surface area contributed by atoms with Crippen molar-refractivity contribution >= 4 is 0 Å². The van der Waals surface area contributed by atoms with E-state index in [0.717, 1.165) is 49.8 Å². The van der Waals surface area contributed by atoms with Gasteiger partial charge in [-0.15, -0.1) is 0 Å². The molecule has 0 saturated carbocycles. The van der Waals surface area contributed by atoms with E-state index in [4.69, 9.17) is 9.47 Å². The molecule has 4 nitrogen and oxygen atoms in total. The van der Waals surface area contributed by atoms with Crippen molar-refractivity contribution in [3.05, 3.63) is 59.7 Å². The SMILES string of the molecule is COc1cc(CN2CCNCC2)ccc1OCc1ccccc1. The molecule has 2 aromatic rings. The Hall–Kier alpha value is -2.04. The molecule has 1 aliphatic rings. The molecule has 3 rings (SSSR count). The molecule has 0 spiro atoms. The highest BCUT2D eigenvalue weighted by Gasteiger charge is 2.12. The van der Waals surface area contributed by atoms with Crippen LogP contribution in [-0.2, 0) is 13.2 Å². The monoisotopic (exact) mass is 312 g/mol. The largest absolute Gasteiger partial charge is 0.493 e. The van der Waals surface area contributed by atoms with E-state index in [0.29, 0.717) is 6.61 Å². The highest BCUT2D eigenvalue weighted by molar-refractivity contribution is 5.43. The molecule has 0 aromatic heterocycles. The standard InChI is InChI=1S/C19H24N2O2/c1-22-19-13-17(14-21-11-9-20-10-12-21)7-8-18(19)23-15-16-5-3-2-4-6-16/h2-8,13,20H,9-12,14-15H2,1H3. The molecule has 0 amide bonds. The molecule has 1 saturated heterocycles. The van der Waals surface area contributed by atoms with Crippen molar-refractivity contribution in [2.45, 2.75) is 13.2 Å². The predicted octanol–water partition coefficient (Wildman–Crippen LogP) is 2.68. The minimum absolute atomic E-state index is 0.550. The van der Waals surface area contributed by atoms with Crippen LogP contribution in [0.4, 0.5) is 0 Å². The Balaban J connectivity index is 1.64. The van der Waals surface area contributed by atoms with Crippen molar-refractivity contribution in [1.29, 1.82) is 0 Å². The molecule has 0 atom stereocenters. The summed E-state index contributed by atoms with van der Waals surface area (Å²) in [6.07, 6.45) is 0. The van der Waals surface area contributed by atoms with Crippen molar-refractivity contribution in [3.63, 3.8) is 0 Å². The second kappa shape index (κ2) is 7.99. The third kappa shape index (κ3) is 4.47. The van der Waals surface area contributed by atoms with Crippen LogP contribution in [0.1, 0.15) is 11.1 Å². The number of nitrogens with zero attached hydrogens (tertiary/aromatic N) is 1. The first kappa shape index (κ1) is 15.8. The Morgan fingerprint density at radius 2 is 1.74 bits per heavy atom. The maximum atomic E-state index is 5.91. The van der Waals surface area contributed by atoms with Crippen LogP contribution < -0.4 is 14.8 Å². The summed E-state index contributed by atoms with van der Waals surface area (Å²) in [5.41, 5.74) is 2.41. The molecule has 0 bridgehead atoms. The Kier molecular flexibility index (Phi) is 5.51. The van der Waals surface area contributed by atoms with Crippen LogP contribution in [0.25, 0.3) is 0 Å². The van der Waals surface area contributed by atoms with Crippen LogP contribution in [-0.4, -0.2) is 38.2 Å². The maximum absolute atomic E-state index is 5.91. The average Bonchev–Trinajstić information content (AvgIpc) is 2.62. The number of nitrogens with one attached hydrogen (secondary N) is 1. The lowest BCUT2D eigenvalue weighted by Crippen LogP contribution is -2.42. The summed E-state index contributed by atoms with van der Waals surface area (Å²) in [4.78, 5) is 2.45. The van der Waals surface area contributed by atoms with Crippen molar-refractivity contribution in [2.24, 2.45) is 0 Å².